The molecule has 3 nitrogen and oxygen atoms in total. The maximum absolute atomic E-state index is 10.1. The molecular weight excluding hydrogens is 200 g/mol. The number of aliphatic hydroxyl groups is 1. The summed E-state index contributed by atoms with van der Waals surface area (Å²) in [5.74, 6) is 0.767. The molecular formula is C13H22N2O. The topological polar surface area (TPSA) is 38.0 Å². The molecule has 0 aliphatic heterocycles. The molecule has 0 bridgehead atoms. The van der Waals surface area contributed by atoms with Crippen LogP contribution < -0.4 is 0 Å². The maximum atomic E-state index is 10.1. The van der Waals surface area contributed by atoms with Gasteiger partial charge in [0.25, 0.3) is 0 Å². The van der Waals surface area contributed by atoms with Gasteiger partial charge in [0.2, 0.25) is 0 Å². The monoisotopic (exact) mass is 222 g/mol. The lowest BCUT2D eigenvalue weighted by Crippen LogP contribution is -2.31. The smallest absolute Gasteiger partial charge is 0.0780 e. The zero-order valence-corrected chi connectivity index (χ0v) is 10.3. The fourth-order valence-corrected chi connectivity index (χ4v) is 2.78. The van der Waals surface area contributed by atoms with Gasteiger partial charge in [-0.1, -0.05) is 19.8 Å². The van der Waals surface area contributed by atoms with Crippen molar-refractivity contribution >= 4 is 0 Å². The highest BCUT2D eigenvalue weighted by molar-refractivity contribution is 5.01. The van der Waals surface area contributed by atoms with Gasteiger partial charge in [0, 0.05) is 6.20 Å². The zero-order valence-electron chi connectivity index (χ0n) is 10.3. The first-order valence-electron chi connectivity index (χ1n) is 6.39. The van der Waals surface area contributed by atoms with Crippen LogP contribution in [0, 0.1) is 12.8 Å². The first-order chi connectivity index (χ1) is 7.70. The van der Waals surface area contributed by atoms with Crippen molar-refractivity contribution in [1.82, 2.24) is 9.78 Å². The molecule has 1 aliphatic rings. The standard InChI is InChI=1S/C13H22N2O/c1-3-4-11-5-6-13(16)12(7-11)15-9-10(2)8-14-15/h8-9,11-13,16H,3-7H2,1-2H3. The summed E-state index contributed by atoms with van der Waals surface area (Å²) in [4.78, 5) is 0. The average Bonchev–Trinajstić information content (AvgIpc) is 2.68. The van der Waals surface area contributed by atoms with Crippen LogP contribution in [0.3, 0.4) is 0 Å². The van der Waals surface area contributed by atoms with Crippen molar-refractivity contribution in [3.8, 4) is 0 Å². The van der Waals surface area contributed by atoms with Crippen molar-refractivity contribution < 1.29 is 5.11 Å². The molecule has 1 aliphatic carbocycles. The Labute approximate surface area is 97.5 Å². The molecule has 0 radical (unpaired) electrons. The van der Waals surface area contributed by atoms with Gasteiger partial charge in [-0.2, -0.15) is 5.10 Å². The minimum Gasteiger partial charge on any atom is -0.391 e. The molecule has 1 fully saturated rings. The third kappa shape index (κ3) is 2.46. The van der Waals surface area contributed by atoms with Crippen molar-refractivity contribution in [2.45, 2.75) is 58.1 Å². The Kier molecular flexibility index (Phi) is 3.64. The normalized spacial score (nSPS) is 30.6. The third-order valence-electron chi connectivity index (χ3n) is 3.66. The second-order valence-electron chi connectivity index (χ2n) is 5.10. The van der Waals surface area contributed by atoms with E-state index in [2.05, 4.69) is 12.0 Å². The summed E-state index contributed by atoms with van der Waals surface area (Å²) < 4.78 is 1.96. The van der Waals surface area contributed by atoms with E-state index in [1.54, 1.807) is 0 Å². The fraction of sp³-hybridized carbons (Fsp3) is 0.769. The molecule has 0 aromatic carbocycles. The van der Waals surface area contributed by atoms with E-state index in [1.165, 1.54) is 24.8 Å². The molecule has 3 heteroatoms. The first-order valence-corrected chi connectivity index (χ1v) is 6.39. The number of aliphatic hydroxyl groups excluding tert-OH is 1. The van der Waals surface area contributed by atoms with Crippen LogP contribution >= 0.6 is 0 Å². The number of hydrogen-bond acceptors (Lipinski definition) is 2. The second-order valence-corrected chi connectivity index (χ2v) is 5.10. The van der Waals surface area contributed by atoms with E-state index >= 15 is 0 Å². The third-order valence-corrected chi connectivity index (χ3v) is 3.66. The molecule has 3 unspecified atom stereocenters. The second kappa shape index (κ2) is 5.00. The lowest BCUT2D eigenvalue weighted by molar-refractivity contribution is 0.0464. The van der Waals surface area contributed by atoms with Gasteiger partial charge in [0.1, 0.15) is 0 Å². The molecule has 16 heavy (non-hydrogen) atoms. The Morgan fingerprint density at radius 1 is 1.50 bits per heavy atom. The van der Waals surface area contributed by atoms with Crippen molar-refractivity contribution in [1.29, 1.82) is 0 Å². The predicted molar refractivity (Wildman–Crippen MR) is 64.3 cm³/mol. The lowest BCUT2D eigenvalue weighted by atomic mass is 9.81. The van der Waals surface area contributed by atoms with Crippen LogP contribution in [-0.4, -0.2) is 21.0 Å². The summed E-state index contributed by atoms with van der Waals surface area (Å²) >= 11 is 0. The quantitative estimate of drug-likeness (QED) is 0.854. The molecule has 90 valence electrons. The van der Waals surface area contributed by atoms with E-state index in [1.807, 2.05) is 24.0 Å². The van der Waals surface area contributed by atoms with Crippen LogP contribution in [0.4, 0.5) is 0 Å². The van der Waals surface area contributed by atoms with E-state index in [9.17, 15) is 5.11 Å². The van der Waals surface area contributed by atoms with Crippen LogP contribution in [0.2, 0.25) is 0 Å². The van der Waals surface area contributed by atoms with Crippen molar-refractivity contribution in [3.05, 3.63) is 18.0 Å². The van der Waals surface area contributed by atoms with E-state index in [-0.39, 0.29) is 12.1 Å². The van der Waals surface area contributed by atoms with Gasteiger partial charge in [-0.05, 0) is 37.7 Å². The summed E-state index contributed by atoms with van der Waals surface area (Å²) in [5.41, 5.74) is 1.17. The molecule has 0 saturated heterocycles. The van der Waals surface area contributed by atoms with Crippen LogP contribution in [0.5, 0.6) is 0 Å². The van der Waals surface area contributed by atoms with Gasteiger partial charge >= 0.3 is 0 Å². The van der Waals surface area contributed by atoms with Gasteiger partial charge < -0.3 is 5.11 Å². The Morgan fingerprint density at radius 2 is 2.31 bits per heavy atom. The Balaban J connectivity index is 2.06. The van der Waals surface area contributed by atoms with Gasteiger partial charge in [-0.25, -0.2) is 0 Å². The summed E-state index contributed by atoms with van der Waals surface area (Å²) in [7, 11) is 0. The average molecular weight is 222 g/mol. The highest BCUT2D eigenvalue weighted by Crippen LogP contribution is 2.34. The molecule has 2 rings (SSSR count). The van der Waals surface area contributed by atoms with Gasteiger partial charge in [0.15, 0.2) is 0 Å². The molecule has 1 aromatic heterocycles. The number of rotatable bonds is 3. The van der Waals surface area contributed by atoms with E-state index in [4.69, 9.17) is 0 Å². The molecule has 0 amide bonds. The molecule has 3 atom stereocenters. The van der Waals surface area contributed by atoms with Crippen LogP contribution in [-0.2, 0) is 0 Å². The van der Waals surface area contributed by atoms with Crippen LogP contribution in [0.25, 0.3) is 0 Å². The zero-order chi connectivity index (χ0) is 11.5. The Bertz CT molecular complexity index is 334. The minimum absolute atomic E-state index is 0.194. The highest BCUT2D eigenvalue weighted by Gasteiger charge is 2.30. The summed E-state index contributed by atoms with van der Waals surface area (Å²) in [6, 6.07) is 0.194. The SMILES string of the molecule is CCCC1CCC(O)C(n2cc(C)cn2)C1. The minimum atomic E-state index is -0.215. The Morgan fingerprint density at radius 3 is 2.94 bits per heavy atom. The maximum Gasteiger partial charge on any atom is 0.0780 e. The number of aryl methyl sites for hydroxylation is 1. The number of aromatic nitrogens is 2. The van der Waals surface area contributed by atoms with Crippen LogP contribution in [0.1, 0.15) is 50.6 Å². The van der Waals surface area contributed by atoms with Crippen LogP contribution in [0.15, 0.2) is 12.4 Å². The highest BCUT2D eigenvalue weighted by atomic mass is 16.3. The van der Waals surface area contributed by atoms with Crippen molar-refractivity contribution in [3.63, 3.8) is 0 Å². The first kappa shape index (κ1) is 11.6. The van der Waals surface area contributed by atoms with Crippen molar-refractivity contribution in [2.24, 2.45) is 5.92 Å². The predicted octanol–water partition coefficient (Wildman–Crippen LogP) is 2.69. The van der Waals surface area contributed by atoms with Crippen molar-refractivity contribution in [2.75, 3.05) is 0 Å². The fourth-order valence-electron chi connectivity index (χ4n) is 2.78. The molecule has 1 N–H and O–H groups in total. The summed E-state index contributed by atoms with van der Waals surface area (Å²) in [6.07, 6.45) is 9.40. The van der Waals surface area contributed by atoms with Gasteiger partial charge in [-0.15, -0.1) is 0 Å². The molecule has 1 heterocycles. The number of hydrogen-bond donors (Lipinski definition) is 1. The number of nitrogens with zero attached hydrogens (tertiary/aromatic N) is 2. The summed E-state index contributed by atoms with van der Waals surface area (Å²) in [6.45, 7) is 4.28. The largest absolute Gasteiger partial charge is 0.391 e. The Hall–Kier alpha value is -0.830. The lowest BCUT2D eigenvalue weighted by Gasteiger charge is -2.33. The van der Waals surface area contributed by atoms with Gasteiger partial charge in [0.05, 0.1) is 18.3 Å². The van der Waals surface area contributed by atoms with E-state index in [0.717, 1.165) is 18.8 Å². The molecule has 1 aromatic rings. The molecule has 0 spiro atoms. The molecule has 1 saturated carbocycles. The summed E-state index contributed by atoms with van der Waals surface area (Å²) in [5, 5.41) is 14.4. The van der Waals surface area contributed by atoms with E-state index < -0.39 is 0 Å². The van der Waals surface area contributed by atoms with Gasteiger partial charge in [-0.3, -0.25) is 4.68 Å². The van der Waals surface area contributed by atoms with E-state index in [0.29, 0.717) is 0 Å².